The lowest BCUT2D eigenvalue weighted by molar-refractivity contribution is 0.0880. The van der Waals surface area contributed by atoms with Crippen LogP contribution in [0.1, 0.15) is 59.3 Å². The van der Waals surface area contributed by atoms with Gasteiger partial charge in [0.2, 0.25) is 0 Å². The molecule has 1 N–H and O–H groups in total. The fraction of sp³-hybridized carbons (Fsp3) is 1.00. The normalized spacial score (nSPS) is 32.2. The highest BCUT2D eigenvalue weighted by molar-refractivity contribution is 4.93. The number of rotatable bonds is 7. The Morgan fingerprint density at radius 1 is 1.26 bits per heavy atom. The molecule has 0 spiro atoms. The Labute approximate surface area is 120 Å². The van der Waals surface area contributed by atoms with Gasteiger partial charge in [-0.3, -0.25) is 0 Å². The molecule has 112 valence electrons. The van der Waals surface area contributed by atoms with E-state index < -0.39 is 0 Å². The van der Waals surface area contributed by atoms with Crippen LogP contribution >= 0.6 is 0 Å². The van der Waals surface area contributed by atoms with Crippen LogP contribution in [-0.2, 0) is 0 Å². The molecule has 2 aliphatic carbocycles. The van der Waals surface area contributed by atoms with Gasteiger partial charge in [0.15, 0.2) is 0 Å². The summed E-state index contributed by atoms with van der Waals surface area (Å²) in [4.78, 5) is 2.65. The molecule has 2 heteroatoms. The second kappa shape index (κ2) is 6.58. The molecule has 0 bridgehead atoms. The Bertz CT molecular complexity index is 272. The van der Waals surface area contributed by atoms with Crippen molar-refractivity contribution in [2.75, 3.05) is 26.7 Å². The van der Waals surface area contributed by atoms with Crippen molar-refractivity contribution >= 4 is 0 Å². The van der Waals surface area contributed by atoms with Crippen LogP contribution in [0.3, 0.4) is 0 Å². The predicted molar refractivity (Wildman–Crippen MR) is 83.4 cm³/mol. The third kappa shape index (κ3) is 4.75. The standard InChI is InChI=1S/C17H34N2/c1-14(2)11-18-12-17(9-5-6-15(3)10-17)13-19(4)16-7-8-16/h14-16,18H,5-13H2,1-4H3. The first-order chi connectivity index (χ1) is 9.01. The number of nitrogens with one attached hydrogen (secondary N) is 1. The average molecular weight is 266 g/mol. The van der Waals surface area contributed by atoms with E-state index in [0.717, 1.165) is 17.9 Å². The van der Waals surface area contributed by atoms with E-state index >= 15 is 0 Å². The zero-order valence-electron chi connectivity index (χ0n) is 13.5. The van der Waals surface area contributed by atoms with Gasteiger partial charge in [-0.05, 0) is 56.5 Å². The van der Waals surface area contributed by atoms with Crippen LogP contribution in [0.25, 0.3) is 0 Å². The molecule has 0 aromatic heterocycles. The fourth-order valence-electron chi connectivity index (χ4n) is 3.93. The minimum absolute atomic E-state index is 0.546. The van der Waals surface area contributed by atoms with Crippen LogP contribution in [0.4, 0.5) is 0 Å². The van der Waals surface area contributed by atoms with Gasteiger partial charge in [-0.1, -0.05) is 33.6 Å². The molecule has 2 unspecified atom stereocenters. The Kier molecular flexibility index (Phi) is 5.30. The fourth-order valence-corrected chi connectivity index (χ4v) is 3.93. The first-order valence-electron chi connectivity index (χ1n) is 8.42. The van der Waals surface area contributed by atoms with Crippen LogP contribution in [-0.4, -0.2) is 37.6 Å². The molecule has 2 saturated carbocycles. The van der Waals surface area contributed by atoms with Crippen molar-refractivity contribution in [2.24, 2.45) is 17.3 Å². The van der Waals surface area contributed by atoms with Gasteiger partial charge in [0, 0.05) is 19.1 Å². The summed E-state index contributed by atoms with van der Waals surface area (Å²) in [7, 11) is 2.35. The highest BCUT2D eigenvalue weighted by Crippen LogP contribution is 2.41. The van der Waals surface area contributed by atoms with Gasteiger partial charge in [-0.15, -0.1) is 0 Å². The Balaban J connectivity index is 1.90. The second-order valence-corrected chi connectivity index (χ2v) is 7.87. The highest BCUT2D eigenvalue weighted by Gasteiger charge is 2.38. The Morgan fingerprint density at radius 3 is 2.58 bits per heavy atom. The summed E-state index contributed by atoms with van der Waals surface area (Å²) in [6.07, 6.45) is 8.60. The lowest BCUT2D eigenvalue weighted by atomic mass is 9.69. The molecule has 2 atom stereocenters. The molecule has 0 amide bonds. The maximum Gasteiger partial charge on any atom is 0.00936 e. The van der Waals surface area contributed by atoms with Gasteiger partial charge < -0.3 is 10.2 Å². The van der Waals surface area contributed by atoms with Gasteiger partial charge in [-0.2, -0.15) is 0 Å². The van der Waals surface area contributed by atoms with Gasteiger partial charge in [-0.25, -0.2) is 0 Å². The first-order valence-corrected chi connectivity index (χ1v) is 8.42. The topological polar surface area (TPSA) is 15.3 Å². The highest BCUT2D eigenvalue weighted by atomic mass is 15.2. The summed E-state index contributed by atoms with van der Waals surface area (Å²) >= 11 is 0. The van der Waals surface area contributed by atoms with Crippen LogP contribution in [0.15, 0.2) is 0 Å². The van der Waals surface area contributed by atoms with Crippen LogP contribution in [0.5, 0.6) is 0 Å². The summed E-state index contributed by atoms with van der Waals surface area (Å²) in [6, 6.07) is 0.902. The van der Waals surface area contributed by atoms with Gasteiger partial charge >= 0.3 is 0 Å². The van der Waals surface area contributed by atoms with E-state index in [0.29, 0.717) is 5.41 Å². The van der Waals surface area contributed by atoms with E-state index in [4.69, 9.17) is 0 Å². The monoisotopic (exact) mass is 266 g/mol. The predicted octanol–water partition coefficient (Wildman–Crippen LogP) is 3.52. The third-order valence-electron chi connectivity index (χ3n) is 4.99. The zero-order valence-corrected chi connectivity index (χ0v) is 13.5. The molecule has 2 rings (SSSR count). The molecular formula is C17H34N2. The molecule has 2 nitrogen and oxygen atoms in total. The Morgan fingerprint density at radius 2 is 2.00 bits per heavy atom. The van der Waals surface area contributed by atoms with Crippen molar-refractivity contribution in [1.82, 2.24) is 10.2 Å². The lowest BCUT2D eigenvalue weighted by Gasteiger charge is -2.43. The van der Waals surface area contributed by atoms with Gasteiger partial charge in [0.25, 0.3) is 0 Å². The maximum absolute atomic E-state index is 3.75. The zero-order chi connectivity index (χ0) is 13.9. The summed E-state index contributed by atoms with van der Waals surface area (Å²) in [5, 5.41) is 3.75. The van der Waals surface area contributed by atoms with Crippen molar-refractivity contribution in [2.45, 2.75) is 65.3 Å². The third-order valence-corrected chi connectivity index (χ3v) is 4.99. The van der Waals surface area contributed by atoms with Gasteiger partial charge in [0.1, 0.15) is 0 Å². The minimum Gasteiger partial charge on any atom is -0.316 e. The molecule has 0 radical (unpaired) electrons. The number of nitrogens with zero attached hydrogens (tertiary/aromatic N) is 1. The molecule has 0 aliphatic heterocycles. The van der Waals surface area contributed by atoms with E-state index in [9.17, 15) is 0 Å². The van der Waals surface area contributed by atoms with E-state index in [-0.39, 0.29) is 0 Å². The number of hydrogen-bond acceptors (Lipinski definition) is 2. The van der Waals surface area contributed by atoms with Crippen molar-refractivity contribution < 1.29 is 0 Å². The van der Waals surface area contributed by atoms with E-state index in [1.165, 1.54) is 58.2 Å². The average Bonchev–Trinajstić information content (AvgIpc) is 3.11. The molecule has 0 aromatic rings. The summed E-state index contributed by atoms with van der Waals surface area (Å²) in [5.41, 5.74) is 0.546. The second-order valence-electron chi connectivity index (χ2n) is 7.87. The molecular weight excluding hydrogens is 232 g/mol. The van der Waals surface area contributed by atoms with E-state index in [2.05, 4.69) is 38.0 Å². The quantitative estimate of drug-likeness (QED) is 0.758. The summed E-state index contributed by atoms with van der Waals surface area (Å²) in [6.45, 7) is 10.8. The molecule has 0 heterocycles. The van der Waals surface area contributed by atoms with Crippen molar-refractivity contribution in [1.29, 1.82) is 0 Å². The summed E-state index contributed by atoms with van der Waals surface area (Å²) in [5.74, 6) is 1.68. The van der Waals surface area contributed by atoms with Crippen LogP contribution < -0.4 is 5.32 Å². The van der Waals surface area contributed by atoms with Gasteiger partial charge in [0.05, 0.1) is 0 Å². The van der Waals surface area contributed by atoms with Crippen molar-refractivity contribution in [3.05, 3.63) is 0 Å². The SMILES string of the molecule is CC(C)CNCC1(CN(C)C2CC2)CCCC(C)C1. The lowest BCUT2D eigenvalue weighted by Crippen LogP contribution is -2.46. The van der Waals surface area contributed by atoms with Crippen LogP contribution in [0, 0.1) is 17.3 Å². The van der Waals surface area contributed by atoms with Crippen molar-refractivity contribution in [3.8, 4) is 0 Å². The summed E-state index contributed by atoms with van der Waals surface area (Å²) < 4.78 is 0. The van der Waals surface area contributed by atoms with E-state index in [1.54, 1.807) is 0 Å². The molecule has 2 aliphatic rings. The van der Waals surface area contributed by atoms with Crippen molar-refractivity contribution in [3.63, 3.8) is 0 Å². The number of hydrogen-bond donors (Lipinski definition) is 1. The first kappa shape index (κ1) is 15.3. The molecule has 0 aromatic carbocycles. The Hall–Kier alpha value is -0.0800. The smallest absolute Gasteiger partial charge is 0.00936 e. The molecule has 2 fully saturated rings. The largest absolute Gasteiger partial charge is 0.316 e. The molecule has 0 saturated heterocycles. The van der Waals surface area contributed by atoms with Crippen LogP contribution in [0.2, 0.25) is 0 Å². The maximum atomic E-state index is 3.75. The minimum atomic E-state index is 0.546. The molecule has 19 heavy (non-hydrogen) atoms. The van der Waals surface area contributed by atoms with E-state index in [1.807, 2.05) is 0 Å².